The van der Waals surface area contributed by atoms with Gasteiger partial charge in [-0.1, -0.05) is 23.2 Å². The van der Waals surface area contributed by atoms with Crippen LogP contribution < -0.4 is 5.32 Å². The van der Waals surface area contributed by atoms with Crippen molar-refractivity contribution in [2.45, 2.75) is 31.8 Å². The Morgan fingerprint density at radius 2 is 2.13 bits per heavy atom. The van der Waals surface area contributed by atoms with Crippen molar-refractivity contribution in [1.29, 1.82) is 0 Å². The lowest BCUT2D eigenvalue weighted by atomic mass is 10.2. The highest BCUT2D eigenvalue weighted by atomic mass is 35.5. The third-order valence-corrected chi connectivity index (χ3v) is 5.15. The molecule has 1 amide bonds. The summed E-state index contributed by atoms with van der Waals surface area (Å²) in [4.78, 5) is 14.6. The Hall–Kier alpha value is -1.07. The van der Waals surface area contributed by atoms with Gasteiger partial charge in [0.05, 0.1) is 10.7 Å². The average molecular weight is 369 g/mol. The summed E-state index contributed by atoms with van der Waals surface area (Å²) in [6, 6.07) is 7.83. The molecular formula is C17H18Cl2N2OS. The fourth-order valence-electron chi connectivity index (χ4n) is 2.50. The van der Waals surface area contributed by atoms with Crippen LogP contribution in [0.15, 0.2) is 35.0 Å². The molecule has 3 rings (SSSR count). The molecule has 0 aliphatic heterocycles. The molecule has 122 valence electrons. The molecule has 23 heavy (non-hydrogen) atoms. The van der Waals surface area contributed by atoms with Gasteiger partial charge in [0.25, 0.3) is 0 Å². The van der Waals surface area contributed by atoms with Crippen LogP contribution in [-0.4, -0.2) is 23.4 Å². The van der Waals surface area contributed by atoms with Gasteiger partial charge in [-0.3, -0.25) is 9.69 Å². The number of rotatable bonds is 7. The first-order chi connectivity index (χ1) is 11.1. The monoisotopic (exact) mass is 368 g/mol. The normalized spacial score (nSPS) is 14.2. The predicted octanol–water partition coefficient (Wildman–Crippen LogP) is 5.05. The van der Waals surface area contributed by atoms with Gasteiger partial charge in [-0.15, -0.1) is 0 Å². The second kappa shape index (κ2) is 7.67. The lowest BCUT2D eigenvalue weighted by Crippen LogP contribution is -2.29. The van der Waals surface area contributed by atoms with Crippen LogP contribution in [0.2, 0.25) is 10.0 Å². The van der Waals surface area contributed by atoms with Crippen molar-refractivity contribution < 1.29 is 4.79 Å². The number of hydrogen-bond acceptors (Lipinski definition) is 3. The van der Waals surface area contributed by atoms with Crippen LogP contribution in [0.3, 0.4) is 0 Å². The van der Waals surface area contributed by atoms with Gasteiger partial charge < -0.3 is 5.32 Å². The predicted molar refractivity (Wildman–Crippen MR) is 97.5 cm³/mol. The molecule has 1 aromatic carbocycles. The van der Waals surface area contributed by atoms with Crippen LogP contribution in [-0.2, 0) is 11.3 Å². The summed E-state index contributed by atoms with van der Waals surface area (Å²) in [5.41, 5.74) is 1.89. The molecule has 0 spiro atoms. The Kier molecular flexibility index (Phi) is 5.59. The third kappa shape index (κ3) is 4.95. The number of carbonyl (C=O) groups is 1. The van der Waals surface area contributed by atoms with Gasteiger partial charge in [-0.25, -0.2) is 0 Å². The number of amides is 1. The second-order valence-electron chi connectivity index (χ2n) is 5.76. The summed E-state index contributed by atoms with van der Waals surface area (Å²) < 4.78 is 0. The van der Waals surface area contributed by atoms with E-state index in [1.165, 1.54) is 18.4 Å². The summed E-state index contributed by atoms with van der Waals surface area (Å²) in [5, 5.41) is 8.16. The molecule has 3 nitrogen and oxygen atoms in total. The highest BCUT2D eigenvalue weighted by molar-refractivity contribution is 7.07. The highest BCUT2D eigenvalue weighted by Gasteiger charge is 2.29. The first-order valence-corrected chi connectivity index (χ1v) is 9.32. The first-order valence-electron chi connectivity index (χ1n) is 7.62. The number of nitrogens with one attached hydrogen (secondary N) is 1. The number of thiophene rings is 1. The highest BCUT2D eigenvalue weighted by Crippen LogP contribution is 2.29. The minimum atomic E-state index is -0.0369. The van der Waals surface area contributed by atoms with Gasteiger partial charge in [0.1, 0.15) is 0 Å². The Morgan fingerprint density at radius 1 is 1.30 bits per heavy atom. The summed E-state index contributed by atoms with van der Waals surface area (Å²) in [6.07, 6.45) is 2.90. The number of nitrogens with zero attached hydrogens (tertiary/aromatic N) is 1. The van der Waals surface area contributed by atoms with Crippen molar-refractivity contribution in [3.8, 4) is 0 Å². The maximum Gasteiger partial charge on any atom is 0.225 e. The van der Waals surface area contributed by atoms with E-state index in [1.54, 1.807) is 29.5 Å². The number of hydrogen-bond donors (Lipinski definition) is 1. The summed E-state index contributed by atoms with van der Waals surface area (Å²) in [5.74, 6) is -0.0369. The van der Waals surface area contributed by atoms with Crippen LogP contribution in [0.1, 0.15) is 24.8 Å². The van der Waals surface area contributed by atoms with Crippen LogP contribution in [0.25, 0.3) is 0 Å². The minimum absolute atomic E-state index is 0.0369. The van der Waals surface area contributed by atoms with Crippen molar-refractivity contribution in [3.05, 3.63) is 50.6 Å². The van der Waals surface area contributed by atoms with E-state index in [0.29, 0.717) is 28.2 Å². The molecule has 6 heteroatoms. The van der Waals surface area contributed by atoms with Gasteiger partial charge in [-0.05, 0) is 53.4 Å². The van der Waals surface area contributed by atoms with Gasteiger partial charge in [0, 0.05) is 30.6 Å². The third-order valence-electron chi connectivity index (χ3n) is 3.86. The Morgan fingerprint density at radius 3 is 2.83 bits per heavy atom. The van der Waals surface area contributed by atoms with E-state index >= 15 is 0 Å². The van der Waals surface area contributed by atoms with Gasteiger partial charge in [0.2, 0.25) is 5.91 Å². The molecule has 1 heterocycles. The van der Waals surface area contributed by atoms with E-state index < -0.39 is 0 Å². The molecule has 1 N–H and O–H groups in total. The molecule has 1 saturated carbocycles. The quantitative estimate of drug-likeness (QED) is 0.741. The standard InChI is InChI=1S/C17H18Cl2N2OS/c18-13-1-4-15(19)16(9-13)20-17(22)5-7-21(14-2-3-14)10-12-6-8-23-11-12/h1,4,6,8-9,11,14H,2-3,5,7,10H2,(H,20,22). The van der Waals surface area contributed by atoms with Crippen molar-refractivity contribution in [2.24, 2.45) is 0 Å². The summed E-state index contributed by atoms with van der Waals surface area (Å²) in [7, 11) is 0. The van der Waals surface area contributed by atoms with Crippen LogP contribution in [0, 0.1) is 0 Å². The first kappa shape index (κ1) is 16.8. The van der Waals surface area contributed by atoms with Gasteiger partial charge >= 0.3 is 0 Å². The van der Waals surface area contributed by atoms with Gasteiger partial charge in [-0.2, -0.15) is 11.3 Å². The molecule has 1 aliphatic rings. The van der Waals surface area contributed by atoms with Crippen LogP contribution >= 0.6 is 34.5 Å². The molecule has 1 aliphatic carbocycles. The lowest BCUT2D eigenvalue weighted by molar-refractivity contribution is -0.116. The van der Waals surface area contributed by atoms with Crippen molar-refractivity contribution >= 4 is 46.1 Å². The molecular weight excluding hydrogens is 351 g/mol. The molecule has 1 aromatic heterocycles. The van der Waals surface area contributed by atoms with E-state index in [4.69, 9.17) is 23.2 Å². The maximum absolute atomic E-state index is 12.2. The number of carbonyl (C=O) groups excluding carboxylic acids is 1. The van der Waals surface area contributed by atoms with Crippen molar-refractivity contribution in [3.63, 3.8) is 0 Å². The zero-order chi connectivity index (χ0) is 16.2. The fraction of sp³-hybridized carbons (Fsp3) is 0.353. The molecule has 0 atom stereocenters. The number of benzene rings is 1. The summed E-state index contributed by atoms with van der Waals surface area (Å²) in [6.45, 7) is 1.67. The fourth-order valence-corrected chi connectivity index (χ4v) is 3.50. The van der Waals surface area contributed by atoms with Crippen molar-refractivity contribution in [1.82, 2.24) is 4.90 Å². The molecule has 0 radical (unpaired) electrons. The summed E-state index contributed by atoms with van der Waals surface area (Å²) >= 11 is 13.7. The van der Waals surface area contributed by atoms with Crippen molar-refractivity contribution in [2.75, 3.05) is 11.9 Å². The largest absolute Gasteiger partial charge is 0.325 e. The van der Waals surface area contributed by atoms with E-state index in [0.717, 1.165) is 13.1 Å². The van der Waals surface area contributed by atoms with E-state index in [1.807, 2.05) is 0 Å². The zero-order valence-electron chi connectivity index (χ0n) is 12.6. The number of halogens is 2. The van der Waals surface area contributed by atoms with E-state index in [-0.39, 0.29) is 5.91 Å². The smallest absolute Gasteiger partial charge is 0.225 e. The zero-order valence-corrected chi connectivity index (χ0v) is 14.9. The molecule has 0 saturated heterocycles. The van der Waals surface area contributed by atoms with E-state index in [9.17, 15) is 4.79 Å². The molecule has 2 aromatic rings. The Bertz CT molecular complexity index is 671. The van der Waals surface area contributed by atoms with E-state index in [2.05, 4.69) is 27.0 Å². The van der Waals surface area contributed by atoms with Crippen LogP contribution in [0.5, 0.6) is 0 Å². The minimum Gasteiger partial charge on any atom is -0.325 e. The lowest BCUT2D eigenvalue weighted by Gasteiger charge is -2.21. The average Bonchev–Trinajstić information content (AvgIpc) is 3.24. The maximum atomic E-state index is 12.2. The molecule has 0 unspecified atom stereocenters. The SMILES string of the molecule is O=C(CCN(Cc1ccsc1)C1CC1)Nc1cc(Cl)ccc1Cl. The Balaban J connectivity index is 1.53. The molecule has 1 fully saturated rings. The second-order valence-corrected chi connectivity index (χ2v) is 7.38. The number of anilines is 1. The van der Waals surface area contributed by atoms with Gasteiger partial charge in [0.15, 0.2) is 0 Å². The Labute approximate surface area is 150 Å². The molecule has 0 bridgehead atoms. The topological polar surface area (TPSA) is 32.3 Å². The van der Waals surface area contributed by atoms with Crippen LogP contribution in [0.4, 0.5) is 5.69 Å².